The van der Waals surface area contributed by atoms with Crippen molar-refractivity contribution in [3.63, 3.8) is 0 Å². The predicted octanol–water partition coefficient (Wildman–Crippen LogP) is 4.86. The van der Waals surface area contributed by atoms with Crippen molar-refractivity contribution in [2.45, 2.75) is 71.7 Å². The van der Waals surface area contributed by atoms with Crippen LogP contribution in [-0.2, 0) is 12.0 Å². The Bertz CT molecular complexity index is 465. The van der Waals surface area contributed by atoms with Crippen LogP contribution in [-0.4, -0.2) is 13.4 Å². The molecule has 114 valence electrons. The van der Waals surface area contributed by atoms with Gasteiger partial charge in [0.25, 0.3) is 0 Å². The molecule has 3 heteroatoms. The minimum atomic E-state index is -1.85. The maximum atomic E-state index is 9.35. The van der Waals surface area contributed by atoms with Crippen LogP contribution in [0.1, 0.15) is 52.7 Å². The van der Waals surface area contributed by atoms with E-state index in [2.05, 4.69) is 60.7 Å². The molecule has 0 unspecified atom stereocenters. The molecule has 0 atom stereocenters. The molecule has 1 aromatic carbocycles. The number of hydrogen-bond acceptors (Lipinski definition) is 2. The van der Waals surface area contributed by atoms with E-state index in [9.17, 15) is 5.11 Å². The van der Waals surface area contributed by atoms with Gasteiger partial charge in [-0.3, -0.25) is 0 Å². The van der Waals surface area contributed by atoms with E-state index >= 15 is 0 Å². The van der Waals surface area contributed by atoms with Gasteiger partial charge in [-0.05, 0) is 46.8 Å². The van der Waals surface area contributed by atoms with Gasteiger partial charge in [-0.15, -0.1) is 0 Å². The van der Waals surface area contributed by atoms with E-state index in [-0.39, 0.29) is 17.1 Å². The Balaban J connectivity index is 3.26. The summed E-state index contributed by atoms with van der Waals surface area (Å²) in [6.07, 6.45) is 0. The number of hydrogen-bond donors (Lipinski definition) is 1. The van der Waals surface area contributed by atoms with Crippen LogP contribution in [0.4, 0.5) is 0 Å². The fourth-order valence-electron chi connectivity index (χ4n) is 1.78. The molecule has 1 rings (SSSR count). The molecule has 0 heterocycles. The fourth-order valence-corrected chi connectivity index (χ4v) is 2.81. The lowest BCUT2D eigenvalue weighted by Gasteiger charge is -2.38. The van der Waals surface area contributed by atoms with Crippen LogP contribution < -0.4 is 4.43 Å². The molecule has 0 aliphatic heterocycles. The molecule has 20 heavy (non-hydrogen) atoms. The maximum absolute atomic E-state index is 9.35. The monoisotopic (exact) mass is 294 g/mol. The summed E-state index contributed by atoms with van der Waals surface area (Å²) in [4.78, 5) is 0. The Labute approximate surface area is 125 Å². The van der Waals surface area contributed by atoms with Crippen LogP contribution in [0.2, 0.25) is 18.1 Å². The van der Waals surface area contributed by atoms with E-state index in [0.29, 0.717) is 0 Å². The van der Waals surface area contributed by atoms with E-state index in [1.165, 1.54) is 5.56 Å². The molecule has 1 N–H and O–H groups in total. The van der Waals surface area contributed by atoms with Crippen molar-refractivity contribution in [2.75, 3.05) is 0 Å². The fraction of sp³-hybridized carbons (Fsp3) is 0.647. The smallest absolute Gasteiger partial charge is 0.250 e. The van der Waals surface area contributed by atoms with Crippen LogP contribution in [0.5, 0.6) is 5.75 Å². The zero-order valence-corrected chi connectivity index (χ0v) is 15.3. The molecule has 0 saturated carbocycles. The summed E-state index contributed by atoms with van der Waals surface area (Å²) in [6, 6.07) is 6.05. The van der Waals surface area contributed by atoms with Gasteiger partial charge in [-0.2, -0.15) is 0 Å². The van der Waals surface area contributed by atoms with E-state index in [0.717, 1.165) is 11.3 Å². The van der Waals surface area contributed by atoms with Crippen molar-refractivity contribution in [3.8, 4) is 5.75 Å². The summed E-state index contributed by atoms with van der Waals surface area (Å²) in [5.41, 5.74) is 2.12. The molecular weight excluding hydrogens is 264 g/mol. The average Bonchev–Trinajstić information content (AvgIpc) is 2.26. The number of benzene rings is 1. The first kappa shape index (κ1) is 17.2. The highest BCUT2D eigenvalue weighted by Gasteiger charge is 2.39. The molecule has 0 amide bonds. The normalized spacial score (nSPS) is 13.4. The molecule has 2 nitrogen and oxygen atoms in total. The molecule has 0 fully saturated rings. The van der Waals surface area contributed by atoms with Crippen LogP contribution in [0, 0.1) is 0 Å². The summed E-state index contributed by atoms with van der Waals surface area (Å²) in [5, 5.41) is 9.53. The van der Waals surface area contributed by atoms with Crippen molar-refractivity contribution in [1.82, 2.24) is 0 Å². The maximum Gasteiger partial charge on any atom is 0.250 e. The minimum Gasteiger partial charge on any atom is -0.543 e. The highest BCUT2D eigenvalue weighted by atomic mass is 28.4. The zero-order valence-electron chi connectivity index (χ0n) is 14.3. The van der Waals surface area contributed by atoms with Gasteiger partial charge in [0.15, 0.2) is 0 Å². The number of rotatable bonds is 3. The molecule has 0 saturated heterocycles. The molecule has 0 aliphatic carbocycles. The highest BCUT2D eigenvalue weighted by molar-refractivity contribution is 6.74. The topological polar surface area (TPSA) is 29.5 Å². The van der Waals surface area contributed by atoms with Gasteiger partial charge in [-0.1, -0.05) is 47.6 Å². The quantitative estimate of drug-likeness (QED) is 0.807. The Morgan fingerprint density at radius 1 is 1.05 bits per heavy atom. The molecule has 0 radical (unpaired) electrons. The van der Waals surface area contributed by atoms with Gasteiger partial charge >= 0.3 is 0 Å². The molecule has 0 spiro atoms. The van der Waals surface area contributed by atoms with Crippen molar-refractivity contribution in [2.24, 2.45) is 0 Å². The largest absolute Gasteiger partial charge is 0.543 e. The van der Waals surface area contributed by atoms with Gasteiger partial charge in [-0.25, -0.2) is 0 Å². The second-order valence-corrected chi connectivity index (χ2v) is 12.8. The van der Waals surface area contributed by atoms with Crippen LogP contribution in [0.25, 0.3) is 0 Å². The molecule has 0 bridgehead atoms. The first-order valence-electron chi connectivity index (χ1n) is 7.32. The lowest BCUT2D eigenvalue weighted by molar-refractivity contribution is 0.281. The summed E-state index contributed by atoms with van der Waals surface area (Å²) in [7, 11) is -1.85. The van der Waals surface area contributed by atoms with Gasteiger partial charge < -0.3 is 9.53 Å². The predicted molar refractivity (Wildman–Crippen MR) is 88.9 cm³/mol. The second-order valence-electron chi connectivity index (χ2n) is 8.10. The SMILES string of the molecule is CC(C)(C)c1cc(CO)ccc1O[Si](C)(C)C(C)(C)C. The number of aliphatic hydroxyl groups is 1. The Morgan fingerprint density at radius 3 is 2.00 bits per heavy atom. The summed E-state index contributed by atoms with van der Waals surface area (Å²) in [6.45, 7) is 17.9. The second kappa shape index (κ2) is 5.53. The van der Waals surface area contributed by atoms with E-state index in [1.54, 1.807) is 0 Å². The van der Waals surface area contributed by atoms with Crippen molar-refractivity contribution < 1.29 is 9.53 Å². The standard InChI is InChI=1S/C17H30O2Si/c1-16(2,3)14-11-13(12-18)9-10-15(14)19-20(7,8)17(4,5)6/h9-11,18H,12H2,1-8H3. The molecular formula is C17H30O2Si. The highest BCUT2D eigenvalue weighted by Crippen LogP contribution is 2.40. The lowest BCUT2D eigenvalue weighted by atomic mass is 9.85. The van der Waals surface area contributed by atoms with Gasteiger partial charge in [0.05, 0.1) is 6.61 Å². The summed E-state index contributed by atoms with van der Waals surface area (Å²) >= 11 is 0. The average molecular weight is 295 g/mol. The van der Waals surface area contributed by atoms with Crippen molar-refractivity contribution in [3.05, 3.63) is 29.3 Å². The summed E-state index contributed by atoms with van der Waals surface area (Å²) in [5.74, 6) is 0.973. The summed E-state index contributed by atoms with van der Waals surface area (Å²) < 4.78 is 6.48. The van der Waals surface area contributed by atoms with Gasteiger partial charge in [0, 0.05) is 0 Å². The third kappa shape index (κ3) is 3.86. The van der Waals surface area contributed by atoms with Crippen LogP contribution >= 0.6 is 0 Å². The van der Waals surface area contributed by atoms with Crippen molar-refractivity contribution >= 4 is 8.32 Å². The molecule has 0 aliphatic rings. The third-order valence-corrected chi connectivity index (χ3v) is 8.55. The van der Waals surface area contributed by atoms with E-state index in [4.69, 9.17) is 4.43 Å². The first-order chi connectivity index (χ1) is 8.88. The third-order valence-electron chi connectivity index (χ3n) is 4.21. The van der Waals surface area contributed by atoms with Crippen molar-refractivity contribution in [1.29, 1.82) is 0 Å². The molecule has 0 aromatic heterocycles. The van der Waals surface area contributed by atoms with Gasteiger partial charge in [0.2, 0.25) is 8.32 Å². The zero-order chi connectivity index (χ0) is 15.8. The Kier molecular flexibility index (Phi) is 4.77. The first-order valence-corrected chi connectivity index (χ1v) is 10.2. The van der Waals surface area contributed by atoms with Crippen LogP contribution in [0.15, 0.2) is 18.2 Å². The van der Waals surface area contributed by atoms with E-state index < -0.39 is 8.32 Å². The minimum absolute atomic E-state index is 0.00285. The van der Waals surface area contributed by atoms with Crippen LogP contribution in [0.3, 0.4) is 0 Å². The lowest BCUT2D eigenvalue weighted by Crippen LogP contribution is -2.44. The van der Waals surface area contributed by atoms with Gasteiger partial charge in [0.1, 0.15) is 5.75 Å². The Hall–Kier alpha value is -0.803. The number of aliphatic hydroxyl groups excluding tert-OH is 1. The van der Waals surface area contributed by atoms with E-state index in [1.807, 2.05) is 12.1 Å². The molecule has 1 aromatic rings. The Morgan fingerprint density at radius 2 is 1.60 bits per heavy atom.